The first-order valence-electron chi connectivity index (χ1n) is 12.2. The van der Waals surface area contributed by atoms with Gasteiger partial charge in [0.05, 0.1) is 11.5 Å². The lowest BCUT2D eigenvalue weighted by Gasteiger charge is -2.18. The minimum absolute atomic E-state index is 0.192. The van der Waals surface area contributed by atoms with Gasteiger partial charge >= 0.3 is 18.1 Å². The second-order valence-corrected chi connectivity index (χ2v) is 10.2. The van der Waals surface area contributed by atoms with Crippen LogP contribution in [-0.4, -0.2) is 51.7 Å². The molecule has 1 atom stereocenters. The van der Waals surface area contributed by atoms with Crippen LogP contribution in [0.15, 0.2) is 58.6 Å². The number of oxime groups is 1. The number of hydrogen-bond donors (Lipinski definition) is 3. The molecule has 0 saturated heterocycles. The number of benzene rings is 2. The number of ether oxygens (including phenoxy) is 2. The number of unbranched alkanes of at least 4 members (excludes halogenated alkanes) is 1. The molecule has 0 spiro atoms. The van der Waals surface area contributed by atoms with E-state index in [9.17, 15) is 31.2 Å². The van der Waals surface area contributed by atoms with Gasteiger partial charge in [-0.05, 0) is 59.8 Å². The van der Waals surface area contributed by atoms with E-state index >= 15 is 0 Å². The molecule has 0 fully saturated rings. The van der Waals surface area contributed by atoms with E-state index in [0.29, 0.717) is 17.7 Å². The zero-order valence-corrected chi connectivity index (χ0v) is 22.5. The molecule has 0 aliphatic heterocycles. The summed E-state index contributed by atoms with van der Waals surface area (Å²) in [5, 5.41) is 3.36. The minimum Gasteiger partial charge on any atom is -0.493 e. The zero-order chi connectivity index (χ0) is 29.8. The van der Waals surface area contributed by atoms with E-state index in [1.54, 1.807) is 12.1 Å². The summed E-state index contributed by atoms with van der Waals surface area (Å²) in [5.41, 5.74) is 11.5. The summed E-state index contributed by atoms with van der Waals surface area (Å²) in [7, 11) is -4.37. The SMILES string of the molecule is CCCCc1ccc(S(=O)(=O)N[C@@H](Cc2ccc(OCCCON=C(N)N)cc2)C(=O)OC(=O)C(F)(F)F)cc1. The molecule has 0 unspecified atom stereocenters. The first kappa shape index (κ1) is 32.4. The zero-order valence-electron chi connectivity index (χ0n) is 21.6. The van der Waals surface area contributed by atoms with Crippen LogP contribution in [-0.2, 0) is 42.0 Å². The minimum atomic E-state index is -5.44. The van der Waals surface area contributed by atoms with Gasteiger partial charge in [-0.2, -0.15) is 17.9 Å². The Morgan fingerprint density at radius 1 is 0.975 bits per heavy atom. The first-order valence-corrected chi connectivity index (χ1v) is 13.7. The van der Waals surface area contributed by atoms with Crippen molar-refractivity contribution in [2.45, 2.75) is 56.1 Å². The lowest BCUT2D eigenvalue weighted by atomic mass is 10.1. The van der Waals surface area contributed by atoms with Crippen LogP contribution in [0.2, 0.25) is 0 Å². The van der Waals surface area contributed by atoms with Crippen molar-refractivity contribution < 1.29 is 45.5 Å². The lowest BCUT2D eigenvalue weighted by Crippen LogP contribution is -2.45. The van der Waals surface area contributed by atoms with Crippen molar-refractivity contribution in [2.24, 2.45) is 16.6 Å². The first-order chi connectivity index (χ1) is 18.8. The molecule has 2 rings (SSSR count). The Morgan fingerprint density at radius 3 is 2.17 bits per heavy atom. The van der Waals surface area contributed by atoms with Gasteiger partial charge in [-0.1, -0.05) is 37.6 Å². The van der Waals surface area contributed by atoms with Crippen LogP contribution in [0.1, 0.15) is 37.3 Å². The standard InChI is InChI=1S/C25H31F3N4O7S/c1-2-3-5-17-8-12-20(13-9-17)40(35,36)32-21(22(33)39-23(34)25(26,27)28)16-18-6-10-19(11-7-18)37-14-4-15-38-31-24(29)30/h6-13,21,32H,2-5,14-16H2,1H3,(H4,29,30,31)/t21-/m0/s1. The number of esters is 2. The van der Waals surface area contributed by atoms with Crippen molar-refractivity contribution >= 4 is 27.9 Å². The van der Waals surface area contributed by atoms with Crippen LogP contribution in [0.25, 0.3) is 0 Å². The van der Waals surface area contributed by atoms with Gasteiger partial charge in [0, 0.05) is 6.42 Å². The third kappa shape index (κ3) is 11.1. The van der Waals surface area contributed by atoms with Crippen molar-refractivity contribution in [1.82, 2.24) is 4.72 Å². The predicted molar refractivity (Wildman–Crippen MR) is 138 cm³/mol. The van der Waals surface area contributed by atoms with Gasteiger partial charge in [0.2, 0.25) is 16.0 Å². The monoisotopic (exact) mass is 588 g/mol. The van der Waals surface area contributed by atoms with Crippen molar-refractivity contribution in [2.75, 3.05) is 13.2 Å². The van der Waals surface area contributed by atoms with E-state index in [1.165, 1.54) is 36.4 Å². The highest BCUT2D eigenvalue weighted by Gasteiger charge is 2.43. The molecule has 5 N–H and O–H groups in total. The molecule has 0 radical (unpaired) electrons. The second kappa shape index (κ2) is 15.1. The van der Waals surface area contributed by atoms with Crippen LogP contribution in [0, 0.1) is 0 Å². The fraction of sp³-hybridized carbons (Fsp3) is 0.400. The van der Waals surface area contributed by atoms with Gasteiger partial charge in [-0.15, -0.1) is 0 Å². The molecule has 0 saturated carbocycles. The summed E-state index contributed by atoms with van der Waals surface area (Å²) in [5.74, 6) is -4.26. The Bertz CT molecular complexity index is 1250. The second-order valence-electron chi connectivity index (χ2n) is 8.53. The average molecular weight is 589 g/mol. The van der Waals surface area contributed by atoms with Crippen molar-refractivity contribution in [3.05, 3.63) is 59.7 Å². The summed E-state index contributed by atoms with van der Waals surface area (Å²) in [6, 6.07) is 10.0. The Balaban J connectivity index is 2.13. The van der Waals surface area contributed by atoms with E-state index in [4.69, 9.17) is 21.0 Å². The van der Waals surface area contributed by atoms with E-state index in [-0.39, 0.29) is 24.1 Å². The smallest absolute Gasteiger partial charge is 0.491 e. The Kier molecular flexibility index (Phi) is 12.2. The summed E-state index contributed by atoms with van der Waals surface area (Å²) in [6.07, 6.45) is -2.82. The molecule has 2 aromatic carbocycles. The summed E-state index contributed by atoms with van der Waals surface area (Å²) < 4.78 is 75.4. The number of halogens is 3. The third-order valence-corrected chi connectivity index (χ3v) is 6.73. The van der Waals surface area contributed by atoms with E-state index in [2.05, 4.69) is 14.6 Å². The molecular formula is C25H31F3N4O7S. The number of alkyl halides is 3. The van der Waals surface area contributed by atoms with Gasteiger partial charge in [-0.3, -0.25) is 0 Å². The Labute approximate surface area is 229 Å². The van der Waals surface area contributed by atoms with Crippen molar-refractivity contribution in [3.8, 4) is 5.75 Å². The number of sulfonamides is 1. The van der Waals surface area contributed by atoms with Crippen molar-refractivity contribution in [1.29, 1.82) is 0 Å². The molecule has 15 heteroatoms. The van der Waals surface area contributed by atoms with Crippen LogP contribution in [0.5, 0.6) is 5.75 Å². The van der Waals surface area contributed by atoms with Crippen LogP contribution in [0.3, 0.4) is 0 Å². The normalized spacial score (nSPS) is 12.3. The molecule has 0 amide bonds. The largest absolute Gasteiger partial charge is 0.493 e. The summed E-state index contributed by atoms with van der Waals surface area (Å²) in [4.78, 5) is 28.4. The number of rotatable bonds is 15. The number of nitrogens with one attached hydrogen (secondary N) is 1. The Morgan fingerprint density at radius 2 is 1.60 bits per heavy atom. The number of aryl methyl sites for hydroxylation is 1. The quantitative estimate of drug-likeness (QED) is 0.0706. The summed E-state index contributed by atoms with van der Waals surface area (Å²) in [6.45, 7) is 2.45. The van der Waals surface area contributed by atoms with E-state index < -0.39 is 40.6 Å². The molecule has 0 heterocycles. The van der Waals surface area contributed by atoms with Gasteiger partial charge in [0.1, 0.15) is 18.4 Å². The van der Waals surface area contributed by atoms with Crippen LogP contribution >= 0.6 is 0 Å². The topological polar surface area (TPSA) is 172 Å². The van der Waals surface area contributed by atoms with E-state index in [1.807, 2.05) is 6.92 Å². The molecule has 0 aliphatic carbocycles. The third-order valence-electron chi connectivity index (χ3n) is 5.24. The lowest BCUT2D eigenvalue weighted by molar-refractivity contribution is -0.202. The fourth-order valence-electron chi connectivity index (χ4n) is 3.26. The molecule has 0 aliphatic rings. The number of nitrogens with zero attached hydrogens (tertiary/aromatic N) is 1. The average Bonchev–Trinajstić information content (AvgIpc) is 2.89. The number of carbonyl (C=O) groups excluding carboxylic acids is 2. The Hall–Kier alpha value is -3.85. The number of guanidine groups is 1. The molecule has 40 heavy (non-hydrogen) atoms. The molecule has 0 aromatic heterocycles. The maximum Gasteiger partial charge on any atom is 0.491 e. The van der Waals surface area contributed by atoms with Gasteiger partial charge in [0.25, 0.3) is 0 Å². The number of nitrogens with two attached hydrogens (primary N) is 2. The number of hydrogen-bond acceptors (Lipinski definition) is 8. The molecular weight excluding hydrogens is 557 g/mol. The van der Waals surface area contributed by atoms with Crippen LogP contribution in [0.4, 0.5) is 13.2 Å². The molecule has 11 nitrogen and oxygen atoms in total. The number of carbonyl (C=O) groups is 2. The van der Waals surface area contributed by atoms with Gasteiger partial charge < -0.3 is 25.8 Å². The molecule has 220 valence electrons. The van der Waals surface area contributed by atoms with Crippen LogP contribution < -0.4 is 20.9 Å². The highest BCUT2D eigenvalue weighted by molar-refractivity contribution is 7.89. The summed E-state index contributed by atoms with van der Waals surface area (Å²) >= 11 is 0. The maximum absolute atomic E-state index is 13.0. The van der Waals surface area contributed by atoms with Crippen molar-refractivity contribution in [3.63, 3.8) is 0 Å². The highest BCUT2D eigenvalue weighted by Crippen LogP contribution is 2.20. The van der Waals surface area contributed by atoms with Gasteiger partial charge in [0.15, 0.2) is 0 Å². The predicted octanol–water partition coefficient (Wildman–Crippen LogP) is 2.52. The molecule has 0 bridgehead atoms. The van der Waals surface area contributed by atoms with E-state index in [0.717, 1.165) is 24.8 Å². The highest BCUT2D eigenvalue weighted by atomic mass is 32.2. The molecule has 2 aromatic rings. The fourth-order valence-corrected chi connectivity index (χ4v) is 4.44. The maximum atomic E-state index is 13.0. The van der Waals surface area contributed by atoms with Gasteiger partial charge in [-0.25, -0.2) is 18.0 Å².